The van der Waals surface area contributed by atoms with Crippen LogP contribution >= 0.6 is 0 Å². The number of non-ortho nitro benzene ring substituents is 1. The molecular weight excluding hydrogens is 340 g/mol. The van der Waals surface area contributed by atoms with Gasteiger partial charge in [0.05, 0.1) is 23.0 Å². The number of benzene rings is 1. The van der Waals surface area contributed by atoms with Crippen LogP contribution in [-0.2, 0) is 19.6 Å². The third-order valence-electron chi connectivity index (χ3n) is 3.31. The molecule has 1 heterocycles. The monoisotopic (exact) mass is 358 g/mol. The summed E-state index contributed by atoms with van der Waals surface area (Å²) in [6.45, 7) is 1.53. The van der Waals surface area contributed by atoms with Gasteiger partial charge in [0.15, 0.2) is 0 Å². The van der Waals surface area contributed by atoms with E-state index in [0.717, 1.165) is 24.3 Å². The maximum Gasteiger partial charge on any atom is 0.269 e. The van der Waals surface area contributed by atoms with Crippen molar-refractivity contribution in [1.29, 1.82) is 0 Å². The van der Waals surface area contributed by atoms with Gasteiger partial charge in [-0.1, -0.05) is 0 Å². The fourth-order valence-corrected chi connectivity index (χ4v) is 3.09. The van der Waals surface area contributed by atoms with Crippen molar-refractivity contribution in [3.8, 4) is 0 Å². The first-order valence-corrected chi connectivity index (χ1v) is 8.71. The number of morpholine rings is 1. The summed E-state index contributed by atoms with van der Waals surface area (Å²) in [6, 6.07) is 4.10. The third-order valence-corrected chi connectivity index (χ3v) is 4.79. The minimum atomic E-state index is -3.79. The third kappa shape index (κ3) is 4.96. The number of nitrogens with zero attached hydrogens (tertiary/aromatic N) is 1. The molecule has 3 N–H and O–H groups in total. The van der Waals surface area contributed by atoms with E-state index in [4.69, 9.17) is 4.74 Å². The average Bonchev–Trinajstić information content (AvgIpc) is 2.59. The zero-order chi connectivity index (χ0) is 17.6. The number of sulfonamides is 1. The molecule has 1 atom stereocenters. The van der Waals surface area contributed by atoms with E-state index in [1.54, 1.807) is 0 Å². The van der Waals surface area contributed by atoms with Crippen LogP contribution in [0.5, 0.6) is 0 Å². The van der Waals surface area contributed by atoms with Gasteiger partial charge in [0.25, 0.3) is 5.69 Å². The van der Waals surface area contributed by atoms with Crippen LogP contribution in [0.3, 0.4) is 0 Å². The molecule has 0 aromatic heterocycles. The number of ether oxygens (including phenoxy) is 1. The zero-order valence-electron chi connectivity index (χ0n) is 12.7. The molecule has 0 aliphatic carbocycles. The maximum atomic E-state index is 12.0. The Balaban J connectivity index is 1.80. The Bertz CT molecular complexity index is 685. The molecule has 1 unspecified atom stereocenters. The van der Waals surface area contributed by atoms with E-state index < -0.39 is 21.0 Å². The SMILES string of the molecule is O=C(NCCNS(=O)(=O)c1ccc([N+](=O)[O-])cc1)C1COCCN1. The molecule has 1 aliphatic rings. The summed E-state index contributed by atoms with van der Waals surface area (Å²) in [4.78, 5) is 21.7. The van der Waals surface area contributed by atoms with Crippen molar-refractivity contribution in [3.05, 3.63) is 34.4 Å². The summed E-state index contributed by atoms with van der Waals surface area (Å²) in [6.07, 6.45) is 0. The average molecular weight is 358 g/mol. The van der Waals surface area contributed by atoms with Crippen molar-refractivity contribution in [3.63, 3.8) is 0 Å². The van der Waals surface area contributed by atoms with E-state index >= 15 is 0 Å². The van der Waals surface area contributed by atoms with Gasteiger partial charge in [-0.25, -0.2) is 13.1 Å². The van der Waals surface area contributed by atoms with Gasteiger partial charge in [-0.15, -0.1) is 0 Å². The first-order chi connectivity index (χ1) is 11.4. The van der Waals surface area contributed by atoms with Crippen molar-refractivity contribution in [2.24, 2.45) is 0 Å². The Morgan fingerprint density at radius 2 is 2.04 bits per heavy atom. The van der Waals surface area contributed by atoms with Crippen LogP contribution in [0.2, 0.25) is 0 Å². The Kier molecular flexibility index (Phi) is 6.20. The minimum absolute atomic E-state index is 0.00135. The highest BCUT2D eigenvalue weighted by atomic mass is 32.2. The lowest BCUT2D eigenvalue weighted by Gasteiger charge is -2.22. The van der Waals surface area contributed by atoms with E-state index in [9.17, 15) is 23.3 Å². The Hall–Kier alpha value is -2.08. The molecule has 132 valence electrons. The highest BCUT2D eigenvalue weighted by Crippen LogP contribution is 2.15. The molecule has 0 saturated carbocycles. The lowest BCUT2D eigenvalue weighted by molar-refractivity contribution is -0.384. The zero-order valence-corrected chi connectivity index (χ0v) is 13.5. The van der Waals surface area contributed by atoms with E-state index in [2.05, 4.69) is 15.4 Å². The van der Waals surface area contributed by atoms with E-state index in [1.165, 1.54) is 0 Å². The fourth-order valence-electron chi connectivity index (χ4n) is 2.06. The Labute approximate surface area is 138 Å². The summed E-state index contributed by atoms with van der Waals surface area (Å²) in [5.74, 6) is -0.260. The molecule has 2 rings (SSSR count). The van der Waals surface area contributed by atoms with Crippen molar-refractivity contribution in [2.75, 3.05) is 32.8 Å². The van der Waals surface area contributed by atoms with Gasteiger partial charge in [-0.2, -0.15) is 0 Å². The summed E-state index contributed by atoms with van der Waals surface area (Å²) in [5.41, 5.74) is -0.191. The van der Waals surface area contributed by atoms with Gasteiger partial charge in [0.2, 0.25) is 15.9 Å². The smallest absolute Gasteiger partial charge is 0.269 e. The molecule has 11 heteroatoms. The summed E-state index contributed by atoms with van der Waals surface area (Å²) in [7, 11) is -3.79. The molecule has 1 saturated heterocycles. The first-order valence-electron chi connectivity index (χ1n) is 7.23. The van der Waals surface area contributed by atoms with Crippen LogP contribution in [0.1, 0.15) is 0 Å². The van der Waals surface area contributed by atoms with Crippen molar-refractivity contribution in [2.45, 2.75) is 10.9 Å². The molecule has 10 nitrogen and oxygen atoms in total. The molecule has 24 heavy (non-hydrogen) atoms. The van der Waals surface area contributed by atoms with Crippen LogP contribution in [0.25, 0.3) is 0 Å². The van der Waals surface area contributed by atoms with E-state index in [1.807, 2.05) is 0 Å². The Morgan fingerprint density at radius 1 is 1.33 bits per heavy atom. The van der Waals surface area contributed by atoms with Crippen LogP contribution in [0.4, 0.5) is 5.69 Å². The highest BCUT2D eigenvalue weighted by Gasteiger charge is 2.21. The second-order valence-electron chi connectivity index (χ2n) is 5.02. The van der Waals surface area contributed by atoms with Gasteiger partial charge in [0.1, 0.15) is 6.04 Å². The molecule has 1 aliphatic heterocycles. The van der Waals surface area contributed by atoms with Crippen LogP contribution in [0, 0.1) is 10.1 Å². The predicted molar refractivity (Wildman–Crippen MR) is 83.9 cm³/mol. The number of amides is 1. The van der Waals surface area contributed by atoms with E-state index in [-0.39, 0.29) is 36.2 Å². The molecule has 0 spiro atoms. The fraction of sp³-hybridized carbons (Fsp3) is 0.462. The van der Waals surface area contributed by atoms with Crippen LogP contribution in [0.15, 0.2) is 29.2 Å². The second-order valence-corrected chi connectivity index (χ2v) is 6.79. The van der Waals surface area contributed by atoms with Gasteiger partial charge < -0.3 is 15.4 Å². The normalized spacial score (nSPS) is 18.1. The number of carbonyl (C=O) groups is 1. The minimum Gasteiger partial charge on any atom is -0.378 e. The molecule has 1 fully saturated rings. The Morgan fingerprint density at radius 3 is 2.62 bits per heavy atom. The second kappa shape index (κ2) is 8.15. The van der Waals surface area contributed by atoms with Crippen LogP contribution in [-0.4, -0.2) is 58.1 Å². The number of nitro benzene ring substituents is 1. The topological polar surface area (TPSA) is 140 Å². The molecule has 1 aromatic rings. The van der Waals surface area contributed by atoms with Crippen molar-refractivity contribution >= 4 is 21.6 Å². The highest BCUT2D eigenvalue weighted by molar-refractivity contribution is 7.89. The predicted octanol–water partition coefficient (Wildman–Crippen LogP) is -1.02. The lowest BCUT2D eigenvalue weighted by atomic mass is 10.2. The standard InChI is InChI=1S/C13H18N4O6S/c18-13(12-9-23-8-7-14-12)15-5-6-16-24(21,22)11-3-1-10(2-4-11)17(19)20/h1-4,12,14,16H,5-9H2,(H,15,18). The summed E-state index contributed by atoms with van der Waals surface area (Å²) >= 11 is 0. The summed E-state index contributed by atoms with van der Waals surface area (Å²) < 4.78 is 31.6. The number of nitrogens with one attached hydrogen (secondary N) is 3. The first kappa shape index (κ1) is 18.3. The van der Waals surface area contributed by atoms with E-state index in [0.29, 0.717) is 13.2 Å². The molecule has 0 radical (unpaired) electrons. The largest absolute Gasteiger partial charge is 0.378 e. The number of carbonyl (C=O) groups excluding carboxylic acids is 1. The van der Waals surface area contributed by atoms with Gasteiger partial charge in [-0.05, 0) is 12.1 Å². The van der Waals surface area contributed by atoms with Crippen molar-refractivity contribution in [1.82, 2.24) is 15.4 Å². The number of hydrogen-bond donors (Lipinski definition) is 3. The van der Waals surface area contributed by atoms with Gasteiger partial charge >= 0.3 is 0 Å². The van der Waals surface area contributed by atoms with Gasteiger partial charge in [-0.3, -0.25) is 14.9 Å². The number of rotatable bonds is 7. The molecule has 1 aromatic carbocycles. The molecule has 0 bridgehead atoms. The number of hydrogen-bond acceptors (Lipinski definition) is 7. The maximum absolute atomic E-state index is 12.0. The van der Waals surface area contributed by atoms with Gasteiger partial charge in [0, 0.05) is 31.8 Å². The molecular formula is C13H18N4O6S. The van der Waals surface area contributed by atoms with Crippen molar-refractivity contribution < 1.29 is 22.9 Å². The lowest BCUT2D eigenvalue weighted by Crippen LogP contribution is -2.52. The number of nitro groups is 1. The van der Waals surface area contributed by atoms with Crippen LogP contribution < -0.4 is 15.4 Å². The quantitative estimate of drug-likeness (QED) is 0.322. The summed E-state index contributed by atoms with van der Waals surface area (Å²) in [5, 5.41) is 16.1. The molecule has 1 amide bonds.